The summed E-state index contributed by atoms with van der Waals surface area (Å²) in [7, 11) is 4.00. The molecule has 0 saturated heterocycles. The van der Waals surface area contributed by atoms with Gasteiger partial charge in [0.25, 0.3) is 0 Å². The van der Waals surface area contributed by atoms with E-state index in [0.29, 0.717) is 12.1 Å². The van der Waals surface area contributed by atoms with Crippen molar-refractivity contribution in [2.75, 3.05) is 20.6 Å². The molecule has 1 unspecified atom stereocenters. The van der Waals surface area contributed by atoms with Gasteiger partial charge in [0.05, 0.1) is 22.9 Å². The quantitative estimate of drug-likeness (QED) is 0.891. The van der Waals surface area contributed by atoms with E-state index in [1.54, 1.807) is 23.3 Å². The number of aromatic nitrogens is 4. The lowest BCUT2D eigenvalue weighted by atomic mass is 10.1. The minimum atomic E-state index is -0.791. The molecule has 0 amide bonds. The third-order valence-corrected chi connectivity index (χ3v) is 3.36. The molecular weight excluding hydrogens is 310 g/mol. The summed E-state index contributed by atoms with van der Waals surface area (Å²) in [6.07, 6.45) is 5.55. The van der Waals surface area contributed by atoms with E-state index < -0.39 is 6.10 Å². The summed E-state index contributed by atoms with van der Waals surface area (Å²) in [5, 5.41) is 14.7. The van der Waals surface area contributed by atoms with E-state index in [4.69, 9.17) is 0 Å². The minimum Gasteiger partial charge on any atom is -0.382 e. The lowest BCUT2D eigenvalue weighted by Crippen LogP contribution is -2.21. The van der Waals surface area contributed by atoms with Crippen molar-refractivity contribution in [3.8, 4) is 0 Å². The molecule has 0 aromatic carbocycles. The maximum absolute atomic E-state index is 10.4. The van der Waals surface area contributed by atoms with Gasteiger partial charge in [-0.25, -0.2) is 9.97 Å². The second kappa shape index (κ2) is 6.23. The van der Waals surface area contributed by atoms with Gasteiger partial charge in [0.15, 0.2) is 0 Å². The van der Waals surface area contributed by atoms with E-state index in [1.165, 1.54) is 6.33 Å². The Morgan fingerprint density at radius 3 is 2.63 bits per heavy atom. The Morgan fingerprint density at radius 1 is 1.32 bits per heavy atom. The van der Waals surface area contributed by atoms with Crippen LogP contribution < -0.4 is 0 Å². The van der Waals surface area contributed by atoms with Crippen molar-refractivity contribution in [3.05, 3.63) is 40.6 Å². The monoisotopic (exact) mass is 325 g/mol. The molecule has 2 aromatic heterocycles. The number of aliphatic hydroxyl groups is 1. The van der Waals surface area contributed by atoms with E-state index >= 15 is 0 Å². The fourth-order valence-corrected chi connectivity index (χ4v) is 2.24. The molecule has 1 atom stereocenters. The van der Waals surface area contributed by atoms with Crippen LogP contribution in [0.25, 0.3) is 0 Å². The molecule has 7 heteroatoms. The zero-order valence-corrected chi connectivity index (χ0v) is 12.4. The van der Waals surface area contributed by atoms with Crippen LogP contribution >= 0.6 is 15.9 Å². The van der Waals surface area contributed by atoms with Crippen molar-refractivity contribution in [1.29, 1.82) is 0 Å². The summed E-state index contributed by atoms with van der Waals surface area (Å²) in [6, 6.07) is 0. The summed E-state index contributed by atoms with van der Waals surface area (Å²) in [5.74, 6) is 0. The van der Waals surface area contributed by atoms with Crippen molar-refractivity contribution < 1.29 is 5.11 Å². The highest BCUT2D eigenvalue weighted by molar-refractivity contribution is 9.10. The summed E-state index contributed by atoms with van der Waals surface area (Å²) in [4.78, 5) is 9.92. The van der Waals surface area contributed by atoms with Crippen molar-refractivity contribution in [2.24, 2.45) is 0 Å². The number of likely N-dealkylation sites (N-methyl/N-ethyl adjacent to an activating group) is 1. The molecule has 0 aliphatic rings. The first-order chi connectivity index (χ1) is 9.09. The van der Waals surface area contributed by atoms with Crippen LogP contribution in [0.3, 0.4) is 0 Å². The number of nitrogens with zero attached hydrogens (tertiary/aromatic N) is 5. The number of rotatable bonds is 5. The molecule has 0 bridgehead atoms. The maximum atomic E-state index is 10.4. The fraction of sp³-hybridized carbons (Fsp3) is 0.417. The molecule has 0 saturated carbocycles. The van der Waals surface area contributed by atoms with Gasteiger partial charge in [0.1, 0.15) is 12.4 Å². The zero-order chi connectivity index (χ0) is 13.8. The third kappa shape index (κ3) is 3.37. The van der Waals surface area contributed by atoms with Crippen molar-refractivity contribution in [2.45, 2.75) is 12.6 Å². The van der Waals surface area contributed by atoms with E-state index in [-0.39, 0.29) is 0 Å². The molecule has 0 fully saturated rings. The fourth-order valence-electron chi connectivity index (χ4n) is 1.73. The predicted molar refractivity (Wildman–Crippen MR) is 74.6 cm³/mol. The Kier molecular flexibility index (Phi) is 4.62. The van der Waals surface area contributed by atoms with Crippen LogP contribution in [0.5, 0.6) is 0 Å². The maximum Gasteiger partial charge on any atom is 0.125 e. The summed E-state index contributed by atoms with van der Waals surface area (Å²) in [6.45, 7) is 1.55. The van der Waals surface area contributed by atoms with E-state index in [9.17, 15) is 5.11 Å². The highest BCUT2D eigenvalue weighted by Crippen LogP contribution is 2.27. The summed E-state index contributed by atoms with van der Waals surface area (Å²) in [5.41, 5.74) is 1.37. The summed E-state index contributed by atoms with van der Waals surface area (Å²) >= 11 is 3.42. The second-order valence-corrected chi connectivity index (χ2v) is 5.33. The smallest absolute Gasteiger partial charge is 0.125 e. The molecule has 2 aromatic rings. The molecular formula is C12H16BrN5O. The number of halogens is 1. The van der Waals surface area contributed by atoms with Crippen LogP contribution in [0.15, 0.2) is 29.4 Å². The molecule has 2 rings (SSSR count). The van der Waals surface area contributed by atoms with Crippen molar-refractivity contribution in [1.82, 2.24) is 24.6 Å². The Hall–Kier alpha value is -1.31. The van der Waals surface area contributed by atoms with Crippen LogP contribution in [-0.4, -0.2) is 50.4 Å². The van der Waals surface area contributed by atoms with Crippen molar-refractivity contribution in [3.63, 3.8) is 0 Å². The largest absolute Gasteiger partial charge is 0.382 e. The average molecular weight is 326 g/mol. The lowest BCUT2D eigenvalue weighted by Gasteiger charge is -2.16. The molecule has 102 valence electrons. The normalized spacial score (nSPS) is 12.9. The van der Waals surface area contributed by atoms with Gasteiger partial charge in [0, 0.05) is 24.5 Å². The topological polar surface area (TPSA) is 67.1 Å². The van der Waals surface area contributed by atoms with Crippen LogP contribution in [-0.2, 0) is 6.54 Å². The minimum absolute atomic E-state index is 0.648. The Morgan fingerprint density at radius 2 is 2.00 bits per heavy atom. The van der Waals surface area contributed by atoms with Gasteiger partial charge >= 0.3 is 0 Å². The van der Waals surface area contributed by atoms with Crippen molar-refractivity contribution >= 4 is 15.9 Å². The molecule has 1 N–H and O–H groups in total. The van der Waals surface area contributed by atoms with Crippen LogP contribution in [0.1, 0.15) is 17.4 Å². The Bertz CT molecular complexity index is 528. The van der Waals surface area contributed by atoms with E-state index in [2.05, 4.69) is 35.9 Å². The Labute approximate surface area is 120 Å². The van der Waals surface area contributed by atoms with E-state index in [1.807, 2.05) is 14.1 Å². The van der Waals surface area contributed by atoms with Crippen LogP contribution in [0, 0.1) is 0 Å². The van der Waals surface area contributed by atoms with E-state index in [0.717, 1.165) is 16.7 Å². The average Bonchev–Trinajstić information content (AvgIpc) is 2.78. The highest BCUT2D eigenvalue weighted by Gasteiger charge is 2.20. The SMILES string of the molecule is CN(C)CCn1ncc(Br)c1C(O)c1cncnc1. The molecule has 6 nitrogen and oxygen atoms in total. The molecule has 19 heavy (non-hydrogen) atoms. The van der Waals surface area contributed by atoms with Gasteiger partial charge in [0.2, 0.25) is 0 Å². The van der Waals surface area contributed by atoms with Gasteiger partial charge in [-0.3, -0.25) is 4.68 Å². The van der Waals surface area contributed by atoms with Crippen LogP contribution in [0.4, 0.5) is 0 Å². The lowest BCUT2D eigenvalue weighted by molar-refractivity contribution is 0.204. The van der Waals surface area contributed by atoms with Gasteiger partial charge in [-0.2, -0.15) is 5.10 Å². The van der Waals surface area contributed by atoms with Gasteiger partial charge in [-0.1, -0.05) is 0 Å². The number of aliphatic hydroxyl groups excluding tert-OH is 1. The first kappa shape index (κ1) is 14.1. The van der Waals surface area contributed by atoms with Gasteiger partial charge in [-0.05, 0) is 30.0 Å². The predicted octanol–water partition coefficient (Wildman–Crippen LogP) is 1.08. The Balaban J connectivity index is 2.26. The van der Waals surface area contributed by atoms with Gasteiger partial charge in [-0.15, -0.1) is 0 Å². The second-order valence-electron chi connectivity index (χ2n) is 4.48. The number of hydrogen-bond donors (Lipinski definition) is 1. The molecule has 0 aliphatic heterocycles. The summed E-state index contributed by atoms with van der Waals surface area (Å²) < 4.78 is 2.57. The number of hydrogen-bond acceptors (Lipinski definition) is 5. The highest BCUT2D eigenvalue weighted by atomic mass is 79.9. The third-order valence-electron chi connectivity index (χ3n) is 2.75. The first-order valence-corrected chi connectivity index (χ1v) is 6.68. The standard InChI is InChI=1S/C12H16BrN5O/c1-17(2)3-4-18-11(10(13)7-16-18)12(19)9-5-14-8-15-6-9/h5-8,12,19H,3-4H2,1-2H3. The van der Waals surface area contributed by atoms with Crippen LogP contribution in [0.2, 0.25) is 0 Å². The molecule has 0 spiro atoms. The molecule has 2 heterocycles. The van der Waals surface area contributed by atoms with Gasteiger partial charge < -0.3 is 10.0 Å². The molecule has 0 aliphatic carbocycles. The molecule has 0 radical (unpaired) electrons. The first-order valence-electron chi connectivity index (χ1n) is 5.88. The zero-order valence-electron chi connectivity index (χ0n) is 10.9.